The van der Waals surface area contributed by atoms with Crippen molar-refractivity contribution in [1.29, 1.82) is 0 Å². The van der Waals surface area contributed by atoms with E-state index in [1.807, 2.05) is 28.7 Å². The number of rotatable bonds is 8. The molecule has 3 rings (SSSR count). The van der Waals surface area contributed by atoms with Crippen molar-refractivity contribution in [2.45, 2.75) is 19.2 Å². The number of hydrogen-bond donors (Lipinski definition) is 4. The van der Waals surface area contributed by atoms with Crippen molar-refractivity contribution in [1.82, 2.24) is 25.5 Å². The average molecular weight is 524 g/mol. The van der Waals surface area contributed by atoms with Gasteiger partial charge in [-0.05, 0) is 40.3 Å². The number of nitrogens with one attached hydrogen (secondary N) is 3. The molecule has 1 aromatic carbocycles. The second-order valence-corrected chi connectivity index (χ2v) is 7.56. The molecule has 0 saturated heterocycles. The van der Waals surface area contributed by atoms with E-state index in [1.165, 1.54) is 0 Å². The molecule has 11 heteroatoms. The zero-order chi connectivity index (χ0) is 19.4. The minimum atomic E-state index is -0.475. The third-order valence-corrected chi connectivity index (χ3v) is 5.22. The smallest absolute Gasteiger partial charge is 0.279 e. The van der Waals surface area contributed by atoms with Gasteiger partial charge in [-0.3, -0.25) is 15.2 Å². The molecule has 0 fully saturated rings. The van der Waals surface area contributed by atoms with Crippen molar-refractivity contribution in [3.8, 4) is 0 Å². The lowest BCUT2D eigenvalue weighted by molar-refractivity contribution is 0.00742. The predicted octanol–water partition coefficient (Wildman–Crippen LogP) is 2.22. The Bertz CT molecular complexity index is 994. The van der Waals surface area contributed by atoms with E-state index in [-0.39, 0.29) is 24.3 Å². The number of benzene rings is 1. The first-order valence-corrected chi connectivity index (χ1v) is 9.84. The molecule has 3 aromatic rings. The summed E-state index contributed by atoms with van der Waals surface area (Å²) in [6.45, 7) is 0.491. The topological polar surface area (TPSA) is 116 Å². The van der Waals surface area contributed by atoms with Gasteiger partial charge in [0.1, 0.15) is 21.3 Å². The number of ether oxygens (including phenoxy) is 1. The second kappa shape index (κ2) is 9.30. The van der Waals surface area contributed by atoms with Crippen LogP contribution in [0.1, 0.15) is 11.4 Å². The number of aromatic amines is 2. The van der Waals surface area contributed by atoms with E-state index in [0.29, 0.717) is 38.1 Å². The molecule has 0 saturated carbocycles. The average Bonchev–Trinajstić information content (AvgIpc) is 3.02. The van der Waals surface area contributed by atoms with Gasteiger partial charge in [0.2, 0.25) is 0 Å². The van der Waals surface area contributed by atoms with Crippen LogP contribution in [0.2, 0.25) is 10.0 Å². The summed E-state index contributed by atoms with van der Waals surface area (Å²) >= 11 is 14.0. The molecule has 0 aliphatic carbocycles. The molecule has 0 spiro atoms. The highest BCUT2D eigenvalue weighted by atomic mass is 127. The number of H-pyrrole nitrogens is 2. The van der Waals surface area contributed by atoms with Crippen LogP contribution in [0.5, 0.6) is 0 Å². The van der Waals surface area contributed by atoms with Crippen LogP contribution in [0.25, 0.3) is 11.0 Å². The van der Waals surface area contributed by atoms with Crippen molar-refractivity contribution in [2.24, 2.45) is 0 Å². The van der Waals surface area contributed by atoms with Crippen molar-refractivity contribution in [3.63, 3.8) is 0 Å². The molecule has 2 heterocycles. The van der Waals surface area contributed by atoms with Crippen molar-refractivity contribution in [2.75, 3.05) is 13.2 Å². The molecule has 144 valence electrons. The minimum Gasteiger partial charge on any atom is -0.394 e. The Morgan fingerprint density at radius 1 is 1.30 bits per heavy atom. The fourth-order valence-corrected chi connectivity index (χ4v) is 3.28. The molecule has 0 aliphatic rings. The number of aliphatic hydroxyl groups is 1. The number of aliphatic hydroxyl groups excluding tert-OH is 1. The first-order chi connectivity index (χ1) is 13.0. The van der Waals surface area contributed by atoms with Gasteiger partial charge in [-0.25, -0.2) is 4.98 Å². The summed E-state index contributed by atoms with van der Waals surface area (Å²) in [5.41, 5.74) is 1.38. The number of halogens is 3. The van der Waals surface area contributed by atoms with Crippen LogP contribution < -0.4 is 10.9 Å². The SMILES string of the molecule is O=c1[nH]c(C[C@@H](NCc2ccc(Cl)c(Cl)c2)OCCO)nc2c(I)[nH]nc12. The van der Waals surface area contributed by atoms with Crippen LogP contribution in [0.15, 0.2) is 23.0 Å². The number of aromatic nitrogens is 4. The second-order valence-electron chi connectivity index (χ2n) is 5.66. The van der Waals surface area contributed by atoms with Crippen molar-refractivity contribution in [3.05, 3.63) is 53.7 Å². The van der Waals surface area contributed by atoms with Crippen LogP contribution in [0.3, 0.4) is 0 Å². The third-order valence-electron chi connectivity index (χ3n) is 3.72. The first kappa shape index (κ1) is 20.5. The first-order valence-electron chi connectivity index (χ1n) is 8.00. The van der Waals surface area contributed by atoms with Gasteiger partial charge in [-0.15, -0.1) is 0 Å². The maximum atomic E-state index is 12.1. The van der Waals surface area contributed by atoms with Crippen molar-refractivity contribution < 1.29 is 9.84 Å². The van der Waals surface area contributed by atoms with Crippen LogP contribution >= 0.6 is 45.8 Å². The van der Waals surface area contributed by atoms with Gasteiger partial charge in [0.25, 0.3) is 5.56 Å². The summed E-state index contributed by atoms with van der Waals surface area (Å²) in [7, 11) is 0. The molecule has 0 bridgehead atoms. The molecule has 0 aliphatic heterocycles. The molecule has 4 N–H and O–H groups in total. The Labute approximate surface area is 177 Å². The van der Waals surface area contributed by atoms with E-state index in [1.54, 1.807) is 12.1 Å². The highest BCUT2D eigenvalue weighted by molar-refractivity contribution is 14.1. The van der Waals surface area contributed by atoms with E-state index in [9.17, 15) is 4.79 Å². The largest absolute Gasteiger partial charge is 0.394 e. The van der Waals surface area contributed by atoms with Gasteiger partial charge in [-0.1, -0.05) is 29.3 Å². The van der Waals surface area contributed by atoms with Crippen LogP contribution in [-0.4, -0.2) is 44.7 Å². The molecule has 0 amide bonds. The van der Waals surface area contributed by atoms with Gasteiger partial charge in [0.15, 0.2) is 5.52 Å². The summed E-state index contributed by atoms with van der Waals surface area (Å²) in [5.74, 6) is 0.455. The number of fused-ring (bicyclic) bond motifs is 1. The van der Waals surface area contributed by atoms with Crippen molar-refractivity contribution >= 4 is 56.8 Å². The maximum absolute atomic E-state index is 12.1. The van der Waals surface area contributed by atoms with Gasteiger partial charge >= 0.3 is 0 Å². The highest BCUT2D eigenvalue weighted by Crippen LogP contribution is 2.22. The summed E-state index contributed by atoms with van der Waals surface area (Å²) in [4.78, 5) is 19.3. The Balaban J connectivity index is 1.75. The Morgan fingerprint density at radius 3 is 2.85 bits per heavy atom. The van der Waals surface area contributed by atoms with Gasteiger partial charge in [0.05, 0.1) is 23.3 Å². The fourth-order valence-electron chi connectivity index (χ4n) is 2.47. The van der Waals surface area contributed by atoms with E-state index in [0.717, 1.165) is 5.56 Å². The third kappa shape index (κ3) is 5.18. The number of nitrogens with zero attached hydrogens (tertiary/aromatic N) is 2. The van der Waals surface area contributed by atoms with Crippen LogP contribution in [0, 0.1) is 3.70 Å². The normalized spacial score (nSPS) is 12.6. The Morgan fingerprint density at radius 2 is 2.11 bits per heavy atom. The molecule has 2 aromatic heterocycles. The zero-order valence-corrected chi connectivity index (χ0v) is 17.6. The molecule has 0 radical (unpaired) electrons. The van der Waals surface area contributed by atoms with Gasteiger partial charge in [-0.2, -0.15) is 5.10 Å². The standard InChI is InChI=1S/C16H16Cl2IN5O3/c17-9-2-1-8(5-10(9)18)7-20-12(27-4-3-25)6-11-21-13-14(16(26)22-11)23-24-15(13)19/h1-2,5,12,20,25H,3-4,6-7H2,(H,23,24)(H,21,22,26)/t12-/m0/s1. The summed E-state index contributed by atoms with van der Waals surface area (Å²) in [6.07, 6.45) is -0.176. The summed E-state index contributed by atoms with van der Waals surface area (Å²) < 4.78 is 6.31. The predicted molar refractivity (Wildman–Crippen MR) is 111 cm³/mol. The van der Waals surface area contributed by atoms with E-state index in [2.05, 4.69) is 25.5 Å². The zero-order valence-electron chi connectivity index (χ0n) is 13.9. The summed E-state index contributed by atoms with van der Waals surface area (Å²) in [6, 6.07) is 5.34. The maximum Gasteiger partial charge on any atom is 0.279 e. The quantitative estimate of drug-likeness (QED) is 0.266. The van der Waals surface area contributed by atoms with E-state index >= 15 is 0 Å². The van der Waals surface area contributed by atoms with E-state index in [4.69, 9.17) is 33.0 Å². The molecule has 8 nitrogen and oxygen atoms in total. The van der Waals surface area contributed by atoms with Crippen LogP contribution in [0.4, 0.5) is 0 Å². The van der Waals surface area contributed by atoms with E-state index < -0.39 is 6.23 Å². The monoisotopic (exact) mass is 523 g/mol. The molecular weight excluding hydrogens is 508 g/mol. The molecule has 1 atom stereocenters. The van der Waals surface area contributed by atoms with Gasteiger partial charge in [0, 0.05) is 13.0 Å². The van der Waals surface area contributed by atoms with Gasteiger partial charge < -0.3 is 14.8 Å². The lowest BCUT2D eigenvalue weighted by Gasteiger charge is -2.19. The van der Waals surface area contributed by atoms with Crippen LogP contribution in [-0.2, 0) is 17.7 Å². The lowest BCUT2D eigenvalue weighted by Crippen LogP contribution is -2.35. The Hall–Kier alpha value is -1.24. The summed E-state index contributed by atoms with van der Waals surface area (Å²) in [5, 5.41) is 19.9. The Kier molecular flexibility index (Phi) is 7.06. The minimum absolute atomic E-state index is 0.117. The lowest BCUT2D eigenvalue weighted by atomic mass is 10.2. The highest BCUT2D eigenvalue weighted by Gasteiger charge is 2.15. The molecule has 27 heavy (non-hydrogen) atoms. The fraction of sp³-hybridized carbons (Fsp3) is 0.312. The molecular formula is C16H16Cl2IN5O3. The number of hydrogen-bond acceptors (Lipinski definition) is 6. The molecule has 0 unspecified atom stereocenters.